The highest BCUT2D eigenvalue weighted by molar-refractivity contribution is 5.88. The van der Waals surface area contributed by atoms with Gasteiger partial charge in [0.05, 0.1) is 19.3 Å². The fraction of sp³-hybridized carbons (Fsp3) is 0.368. The van der Waals surface area contributed by atoms with E-state index in [4.69, 9.17) is 9.47 Å². The van der Waals surface area contributed by atoms with Crippen LogP contribution < -0.4 is 4.74 Å². The van der Waals surface area contributed by atoms with E-state index in [1.54, 1.807) is 12.7 Å². The standard InChI is InChI=1S/C19H22N4O2/c1-2-6-18-16(4-1)5-3-7-19(18)25-11-9-22-8-10-24-17(12-22)13-23-15-20-14-21-23/h1-7,14-15,17H,8-13H2. The van der Waals surface area contributed by atoms with Gasteiger partial charge in [0, 0.05) is 25.0 Å². The first-order valence-electron chi connectivity index (χ1n) is 8.65. The second-order valence-electron chi connectivity index (χ2n) is 6.24. The molecule has 1 aromatic heterocycles. The highest BCUT2D eigenvalue weighted by Crippen LogP contribution is 2.25. The predicted octanol–water partition coefficient (Wildman–Crippen LogP) is 2.21. The summed E-state index contributed by atoms with van der Waals surface area (Å²) in [4.78, 5) is 6.36. The number of morpholine rings is 1. The van der Waals surface area contributed by atoms with Gasteiger partial charge in [0.2, 0.25) is 0 Å². The number of hydrogen-bond donors (Lipinski definition) is 0. The number of nitrogens with zero attached hydrogens (tertiary/aromatic N) is 4. The molecule has 0 bridgehead atoms. The molecule has 1 saturated heterocycles. The van der Waals surface area contributed by atoms with Crippen LogP contribution in [0, 0.1) is 0 Å². The lowest BCUT2D eigenvalue weighted by atomic mass is 10.1. The zero-order chi connectivity index (χ0) is 16.9. The third kappa shape index (κ3) is 3.97. The topological polar surface area (TPSA) is 52.4 Å². The molecule has 2 aromatic carbocycles. The summed E-state index contributed by atoms with van der Waals surface area (Å²) in [5.74, 6) is 0.950. The lowest BCUT2D eigenvalue weighted by Gasteiger charge is -2.32. The first kappa shape index (κ1) is 16.1. The van der Waals surface area contributed by atoms with Crippen molar-refractivity contribution in [3.05, 3.63) is 55.1 Å². The van der Waals surface area contributed by atoms with Crippen LogP contribution in [0.25, 0.3) is 10.8 Å². The van der Waals surface area contributed by atoms with Crippen LogP contribution in [-0.4, -0.2) is 58.6 Å². The molecule has 2 heterocycles. The van der Waals surface area contributed by atoms with Crippen molar-refractivity contribution in [2.45, 2.75) is 12.6 Å². The summed E-state index contributed by atoms with van der Waals surface area (Å²) in [5.41, 5.74) is 0. The van der Waals surface area contributed by atoms with Gasteiger partial charge in [-0.05, 0) is 11.5 Å². The van der Waals surface area contributed by atoms with Crippen molar-refractivity contribution < 1.29 is 9.47 Å². The van der Waals surface area contributed by atoms with Crippen LogP contribution in [0.15, 0.2) is 55.1 Å². The van der Waals surface area contributed by atoms with Crippen molar-refractivity contribution >= 4 is 10.8 Å². The molecule has 0 spiro atoms. The predicted molar refractivity (Wildman–Crippen MR) is 95.6 cm³/mol. The van der Waals surface area contributed by atoms with Gasteiger partial charge >= 0.3 is 0 Å². The van der Waals surface area contributed by atoms with Crippen molar-refractivity contribution in [3.8, 4) is 5.75 Å². The van der Waals surface area contributed by atoms with E-state index in [0.717, 1.165) is 43.9 Å². The molecule has 0 amide bonds. The van der Waals surface area contributed by atoms with E-state index in [9.17, 15) is 0 Å². The summed E-state index contributed by atoms with van der Waals surface area (Å²) >= 11 is 0. The van der Waals surface area contributed by atoms with Crippen LogP contribution in [0.3, 0.4) is 0 Å². The van der Waals surface area contributed by atoms with Crippen LogP contribution in [0.4, 0.5) is 0 Å². The van der Waals surface area contributed by atoms with Crippen molar-refractivity contribution in [2.24, 2.45) is 0 Å². The molecule has 4 rings (SSSR count). The van der Waals surface area contributed by atoms with E-state index in [1.165, 1.54) is 5.39 Å². The van der Waals surface area contributed by atoms with Gasteiger partial charge < -0.3 is 9.47 Å². The van der Waals surface area contributed by atoms with Crippen molar-refractivity contribution in [1.29, 1.82) is 0 Å². The number of aromatic nitrogens is 3. The normalized spacial score (nSPS) is 18.5. The van der Waals surface area contributed by atoms with Crippen molar-refractivity contribution in [3.63, 3.8) is 0 Å². The molecule has 1 aliphatic rings. The maximum absolute atomic E-state index is 6.05. The smallest absolute Gasteiger partial charge is 0.137 e. The number of hydrogen-bond acceptors (Lipinski definition) is 5. The van der Waals surface area contributed by atoms with E-state index in [0.29, 0.717) is 6.61 Å². The Morgan fingerprint density at radius 3 is 3.00 bits per heavy atom. The Hall–Kier alpha value is -2.44. The van der Waals surface area contributed by atoms with Crippen LogP contribution in [0.5, 0.6) is 5.75 Å². The average molecular weight is 338 g/mol. The van der Waals surface area contributed by atoms with Crippen LogP contribution in [0.1, 0.15) is 0 Å². The third-order valence-electron chi connectivity index (χ3n) is 4.49. The van der Waals surface area contributed by atoms with E-state index in [-0.39, 0.29) is 6.10 Å². The minimum absolute atomic E-state index is 0.146. The number of ether oxygens (including phenoxy) is 2. The van der Waals surface area contributed by atoms with E-state index in [2.05, 4.69) is 39.2 Å². The maximum Gasteiger partial charge on any atom is 0.137 e. The molecule has 6 nitrogen and oxygen atoms in total. The molecular weight excluding hydrogens is 316 g/mol. The summed E-state index contributed by atoms with van der Waals surface area (Å²) < 4.78 is 13.7. The second-order valence-corrected chi connectivity index (χ2v) is 6.24. The van der Waals surface area contributed by atoms with E-state index >= 15 is 0 Å². The minimum Gasteiger partial charge on any atom is -0.492 e. The highest BCUT2D eigenvalue weighted by atomic mass is 16.5. The molecule has 0 radical (unpaired) electrons. The van der Waals surface area contributed by atoms with Gasteiger partial charge in [-0.3, -0.25) is 9.58 Å². The Morgan fingerprint density at radius 1 is 1.16 bits per heavy atom. The zero-order valence-electron chi connectivity index (χ0n) is 14.1. The highest BCUT2D eigenvalue weighted by Gasteiger charge is 2.21. The summed E-state index contributed by atoms with van der Waals surface area (Å²) in [5, 5.41) is 6.52. The average Bonchev–Trinajstić information content (AvgIpc) is 3.15. The molecule has 0 saturated carbocycles. The Labute approximate surface area is 147 Å². The molecule has 1 atom stereocenters. The van der Waals surface area contributed by atoms with Gasteiger partial charge in [-0.2, -0.15) is 5.10 Å². The summed E-state index contributed by atoms with van der Waals surface area (Å²) in [6.07, 6.45) is 3.43. The first-order valence-corrected chi connectivity index (χ1v) is 8.65. The van der Waals surface area contributed by atoms with Crippen molar-refractivity contribution in [2.75, 3.05) is 32.8 Å². The lowest BCUT2D eigenvalue weighted by molar-refractivity contribution is -0.0400. The SMILES string of the molecule is c1ccc2c(OCCN3CCOC(Cn4cncn4)C3)cccc2c1. The molecule has 130 valence electrons. The molecule has 1 fully saturated rings. The molecular formula is C19H22N4O2. The van der Waals surface area contributed by atoms with Crippen molar-refractivity contribution in [1.82, 2.24) is 19.7 Å². The van der Waals surface area contributed by atoms with Gasteiger partial charge in [0.1, 0.15) is 25.0 Å². The van der Waals surface area contributed by atoms with Crippen LogP contribution in [0.2, 0.25) is 0 Å². The molecule has 0 aliphatic carbocycles. The quantitative estimate of drug-likeness (QED) is 0.690. The number of rotatable bonds is 6. The summed E-state index contributed by atoms with van der Waals surface area (Å²) in [6.45, 7) is 4.87. The summed E-state index contributed by atoms with van der Waals surface area (Å²) in [7, 11) is 0. The Kier molecular flexibility index (Phi) is 4.90. The van der Waals surface area contributed by atoms with Gasteiger partial charge in [-0.1, -0.05) is 36.4 Å². The summed E-state index contributed by atoms with van der Waals surface area (Å²) in [6, 6.07) is 14.5. The van der Waals surface area contributed by atoms with Gasteiger partial charge in [-0.25, -0.2) is 4.98 Å². The number of benzene rings is 2. The minimum atomic E-state index is 0.146. The third-order valence-corrected chi connectivity index (χ3v) is 4.49. The Balaban J connectivity index is 1.30. The van der Waals surface area contributed by atoms with E-state index in [1.807, 2.05) is 22.9 Å². The zero-order valence-corrected chi connectivity index (χ0v) is 14.1. The molecule has 3 aromatic rings. The first-order chi connectivity index (χ1) is 12.4. The Bertz CT molecular complexity index is 801. The molecule has 6 heteroatoms. The fourth-order valence-electron chi connectivity index (χ4n) is 3.24. The molecule has 0 N–H and O–H groups in total. The lowest BCUT2D eigenvalue weighted by Crippen LogP contribution is -2.45. The van der Waals surface area contributed by atoms with Crippen LogP contribution >= 0.6 is 0 Å². The monoisotopic (exact) mass is 338 g/mol. The van der Waals surface area contributed by atoms with E-state index < -0.39 is 0 Å². The maximum atomic E-state index is 6.05. The second kappa shape index (κ2) is 7.63. The largest absolute Gasteiger partial charge is 0.492 e. The van der Waals surface area contributed by atoms with Gasteiger partial charge in [-0.15, -0.1) is 0 Å². The van der Waals surface area contributed by atoms with Gasteiger partial charge in [0.25, 0.3) is 0 Å². The molecule has 1 unspecified atom stereocenters. The number of fused-ring (bicyclic) bond motifs is 1. The fourth-order valence-corrected chi connectivity index (χ4v) is 3.24. The van der Waals surface area contributed by atoms with Crippen LogP contribution in [-0.2, 0) is 11.3 Å². The molecule has 1 aliphatic heterocycles. The van der Waals surface area contributed by atoms with Gasteiger partial charge in [0.15, 0.2) is 0 Å². The molecule has 25 heavy (non-hydrogen) atoms. The Morgan fingerprint density at radius 2 is 2.08 bits per heavy atom.